The van der Waals surface area contributed by atoms with E-state index >= 15 is 0 Å². The van der Waals surface area contributed by atoms with Gasteiger partial charge in [0.25, 0.3) is 6.01 Å². The average Bonchev–Trinajstić information content (AvgIpc) is 3.29. The number of aryl methyl sites for hydroxylation is 1. The number of ether oxygens (including phenoxy) is 1. The van der Waals surface area contributed by atoms with Crippen molar-refractivity contribution >= 4 is 46.4 Å². The molecule has 0 aliphatic heterocycles. The fraction of sp³-hybridized carbons (Fsp3) is 0.0455. The second kappa shape index (κ2) is 7.25. The van der Waals surface area contributed by atoms with Gasteiger partial charge in [-0.1, -0.05) is 23.7 Å². The van der Waals surface area contributed by atoms with E-state index in [0.29, 0.717) is 16.1 Å². The van der Waals surface area contributed by atoms with E-state index in [1.54, 1.807) is 12.1 Å². The van der Waals surface area contributed by atoms with Crippen molar-refractivity contribution in [2.45, 2.75) is 0 Å². The first-order valence-corrected chi connectivity index (χ1v) is 11.4. The Hall–Kier alpha value is -3.09. The second-order valence-electron chi connectivity index (χ2n) is 7.23. The summed E-state index contributed by atoms with van der Waals surface area (Å²) < 4.78 is 19.2. The first-order valence-electron chi connectivity index (χ1n) is 9.37. The standard InChI is InChI=1S/C22H17ClN3O4P/c1-26-8-7-14-9-13(5-6-21(14)26)17-11-19-20(12-18(17)23)25-22(24-19)30-15-3-2-4-16(10-15)31(27,28)29/h2-12H,1H3,(H,24,25)(H2,27,28,29). The van der Waals surface area contributed by atoms with E-state index in [0.717, 1.165) is 22.0 Å². The number of fused-ring (bicyclic) bond motifs is 2. The molecule has 3 N–H and O–H groups in total. The summed E-state index contributed by atoms with van der Waals surface area (Å²) >= 11 is 6.55. The van der Waals surface area contributed by atoms with Crippen LogP contribution < -0.4 is 10.0 Å². The predicted octanol–water partition coefficient (Wildman–Crippen LogP) is 4.97. The molecule has 2 heterocycles. The molecule has 31 heavy (non-hydrogen) atoms. The molecule has 0 aliphatic carbocycles. The Morgan fingerprint density at radius 1 is 1.10 bits per heavy atom. The lowest BCUT2D eigenvalue weighted by Gasteiger charge is -2.06. The van der Waals surface area contributed by atoms with Gasteiger partial charge in [0.05, 0.1) is 21.4 Å². The molecule has 0 radical (unpaired) electrons. The number of nitrogens with zero attached hydrogens (tertiary/aromatic N) is 2. The van der Waals surface area contributed by atoms with Gasteiger partial charge < -0.3 is 24.1 Å². The highest BCUT2D eigenvalue weighted by atomic mass is 35.5. The number of hydrogen-bond donors (Lipinski definition) is 3. The fourth-order valence-corrected chi connectivity index (χ4v) is 4.41. The van der Waals surface area contributed by atoms with Gasteiger partial charge in [-0.05, 0) is 54.1 Å². The third kappa shape index (κ3) is 3.73. The molecule has 5 aromatic rings. The van der Waals surface area contributed by atoms with Gasteiger partial charge in [0.1, 0.15) is 5.75 Å². The molecule has 156 valence electrons. The number of rotatable bonds is 4. The highest BCUT2D eigenvalue weighted by molar-refractivity contribution is 7.60. The summed E-state index contributed by atoms with van der Waals surface area (Å²) in [5.41, 5.74) is 4.31. The van der Waals surface area contributed by atoms with E-state index in [4.69, 9.17) is 16.3 Å². The first-order chi connectivity index (χ1) is 14.8. The van der Waals surface area contributed by atoms with Crippen molar-refractivity contribution in [2.75, 3.05) is 0 Å². The van der Waals surface area contributed by atoms with Crippen molar-refractivity contribution in [3.8, 4) is 22.9 Å². The highest BCUT2D eigenvalue weighted by Gasteiger charge is 2.18. The van der Waals surface area contributed by atoms with Gasteiger partial charge in [0, 0.05) is 29.7 Å². The normalized spacial score (nSPS) is 12.0. The van der Waals surface area contributed by atoms with Crippen LogP contribution in [0, 0.1) is 0 Å². The van der Waals surface area contributed by atoms with Crippen LogP contribution in [0.1, 0.15) is 0 Å². The molecule has 0 saturated carbocycles. The smallest absolute Gasteiger partial charge is 0.356 e. The number of aromatic amines is 1. The van der Waals surface area contributed by atoms with E-state index in [2.05, 4.69) is 32.7 Å². The molecule has 5 rings (SSSR count). The van der Waals surface area contributed by atoms with Gasteiger partial charge in [0.15, 0.2) is 0 Å². The average molecular weight is 454 g/mol. The highest BCUT2D eigenvalue weighted by Crippen LogP contribution is 2.36. The number of imidazole rings is 1. The largest absolute Gasteiger partial charge is 0.426 e. The summed E-state index contributed by atoms with van der Waals surface area (Å²) in [6, 6.07) is 17.8. The topological polar surface area (TPSA) is 100 Å². The van der Waals surface area contributed by atoms with Gasteiger partial charge in [-0.2, -0.15) is 4.98 Å². The van der Waals surface area contributed by atoms with Crippen LogP contribution in [0.25, 0.3) is 33.1 Å². The van der Waals surface area contributed by atoms with Crippen LogP contribution >= 0.6 is 19.2 Å². The summed E-state index contributed by atoms with van der Waals surface area (Å²) in [7, 11) is -2.37. The fourth-order valence-electron chi connectivity index (χ4n) is 3.57. The lowest BCUT2D eigenvalue weighted by molar-refractivity contribution is 0.387. The molecule has 0 bridgehead atoms. The van der Waals surface area contributed by atoms with Gasteiger partial charge in [0.2, 0.25) is 0 Å². The molecule has 2 aromatic heterocycles. The van der Waals surface area contributed by atoms with Crippen LogP contribution in [-0.4, -0.2) is 24.3 Å². The van der Waals surface area contributed by atoms with Crippen molar-refractivity contribution in [2.24, 2.45) is 7.05 Å². The lowest BCUT2D eigenvalue weighted by atomic mass is 10.0. The third-order valence-electron chi connectivity index (χ3n) is 5.11. The van der Waals surface area contributed by atoms with Crippen LogP contribution in [0.5, 0.6) is 11.8 Å². The molecule has 0 aliphatic rings. The van der Waals surface area contributed by atoms with Gasteiger partial charge in [-0.25, -0.2) is 0 Å². The molecule has 3 aromatic carbocycles. The number of benzene rings is 3. The minimum Gasteiger partial charge on any atom is -0.426 e. The van der Waals surface area contributed by atoms with Crippen LogP contribution in [0.15, 0.2) is 66.9 Å². The van der Waals surface area contributed by atoms with Crippen molar-refractivity contribution in [1.82, 2.24) is 14.5 Å². The lowest BCUT2D eigenvalue weighted by Crippen LogP contribution is -2.03. The molecular formula is C22H17ClN3O4P. The number of H-pyrrole nitrogens is 1. The minimum atomic E-state index is -4.37. The van der Waals surface area contributed by atoms with Crippen molar-refractivity contribution in [1.29, 1.82) is 0 Å². The van der Waals surface area contributed by atoms with Gasteiger partial charge in [-0.3, -0.25) is 4.57 Å². The van der Waals surface area contributed by atoms with Crippen LogP contribution in [0.3, 0.4) is 0 Å². The molecular weight excluding hydrogens is 437 g/mol. The zero-order chi connectivity index (χ0) is 21.8. The van der Waals surface area contributed by atoms with Crippen LogP contribution in [0.4, 0.5) is 0 Å². The molecule has 0 atom stereocenters. The second-order valence-corrected chi connectivity index (χ2v) is 9.25. The van der Waals surface area contributed by atoms with E-state index in [-0.39, 0.29) is 17.1 Å². The Bertz CT molecular complexity index is 1500. The summed E-state index contributed by atoms with van der Waals surface area (Å²) in [6.45, 7) is 0. The summed E-state index contributed by atoms with van der Waals surface area (Å²) in [5, 5.41) is 1.57. The monoisotopic (exact) mass is 453 g/mol. The maximum atomic E-state index is 11.5. The Morgan fingerprint density at radius 3 is 2.74 bits per heavy atom. The molecule has 9 heteroatoms. The Morgan fingerprint density at radius 2 is 1.94 bits per heavy atom. The number of hydrogen-bond acceptors (Lipinski definition) is 3. The van der Waals surface area contributed by atoms with E-state index in [1.165, 1.54) is 18.2 Å². The molecule has 0 fully saturated rings. The van der Waals surface area contributed by atoms with E-state index in [1.807, 2.05) is 25.4 Å². The maximum Gasteiger partial charge on any atom is 0.356 e. The molecule has 0 amide bonds. The van der Waals surface area contributed by atoms with Crippen LogP contribution in [-0.2, 0) is 11.6 Å². The first kappa shape index (κ1) is 19.8. The maximum absolute atomic E-state index is 11.5. The number of aromatic nitrogens is 3. The Kier molecular flexibility index (Phi) is 4.64. The Balaban J connectivity index is 1.51. The zero-order valence-corrected chi connectivity index (χ0v) is 17.9. The Labute approximate surface area is 182 Å². The molecule has 7 nitrogen and oxygen atoms in total. The zero-order valence-electron chi connectivity index (χ0n) is 16.3. The van der Waals surface area contributed by atoms with E-state index < -0.39 is 7.60 Å². The quantitative estimate of drug-likeness (QED) is 0.333. The number of halogens is 1. The minimum absolute atomic E-state index is 0.122. The van der Waals surface area contributed by atoms with Crippen LogP contribution in [0.2, 0.25) is 5.02 Å². The predicted molar refractivity (Wildman–Crippen MR) is 121 cm³/mol. The summed E-state index contributed by atoms with van der Waals surface area (Å²) in [5.74, 6) is 0.265. The van der Waals surface area contributed by atoms with Gasteiger partial charge >= 0.3 is 7.60 Å². The third-order valence-corrected chi connectivity index (χ3v) is 6.38. The summed E-state index contributed by atoms with van der Waals surface area (Å²) in [6.07, 6.45) is 2.01. The van der Waals surface area contributed by atoms with Crippen molar-refractivity contribution in [3.05, 3.63) is 71.9 Å². The molecule has 0 saturated heterocycles. The molecule has 0 unspecified atom stereocenters. The van der Waals surface area contributed by atoms with Crippen molar-refractivity contribution in [3.63, 3.8) is 0 Å². The molecule has 0 spiro atoms. The number of nitrogens with one attached hydrogen (secondary N) is 1. The van der Waals surface area contributed by atoms with Gasteiger partial charge in [-0.15, -0.1) is 0 Å². The summed E-state index contributed by atoms with van der Waals surface area (Å²) in [4.78, 5) is 26.2. The van der Waals surface area contributed by atoms with Crippen molar-refractivity contribution < 1.29 is 19.1 Å². The SMILES string of the molecule is Cn1ccc2cc(-c3cc4nc(Oc5cccc(P(=O)(O)O)c5)[nH]c4cc3Cl)ccc21. The van der Waals surface area contributed by atoms with E-state index in [9.17, 15) is 14.4 Å².